The van der Waals surface area contributed by atoms with E-state index >= 15 is 0 Å². The molecule has 2 rings (SSSR count). The van der Waals surface area contributed by atoms with Gasteiger partial charge in [-0.05, 0) is 35.9 Å². The van der Waals surface area contributed by atoms with Gasteiger partial charge >= 0.3 is 0 Å². The Morgan fingerprint density at radius 2 is 2.12 bits per heavy atom. The van der Waals surface area contributed by atoms with Gasteiger partial charge in [0.15, 0.2) is 0 Å². The third kappa shape index (κ3) is 2.70. The molecule has 0 spiro atoms. The second-order valence-electron chi connectivity index (χ2n) is 3.34. The second kappa shape index (κ2) is 4.94. The number of carbonyl (C=O) groups is 1. The van der Waals surface area contributed by atoms with E-state index in [1.807, 2.05) is 24.3 Å². The fourth-order valence-electron chi connectivity index (χ4n) is 1.36. The maximum atomic E-state index is 11.6. The predicted octanol–water partition coefficient (Wildman–Crippen LogP) is 3.67. The van der Waals surface area contributed by atoms with E-state index in [0.717, 1.165) is 10.0 Å². The molecule has 0 aliphatic rings. The van der Waals surface area contributed by atoms with Crippen molar-refractivity contribution in [3.8, 4) is 0 Å². The highest BCUT2D eigenvalue weighted by molar-refractivity contribution is 9.10. The van der Waals surface area contributed by atoms with Gasteiger partial charge in [-0.3, -0.25) is 4.79 Å². The molecule has 0 aliphatic heterocycles. The van der Waals surface area contributed by atoms with E-state index in [1.54, 1.807) is 30.5 Å². The molecule has 1 aromatic heterocycles. The number of H-pyrrole nitrogens is 1. The van der Waals surface area contributed by atoms with Crippen LogP contribution in [0.25, 0.3) is 6.08 Å². The summed E-state index contributed by atoms with van der Waals surface area (Å²) in [7, 11) is 0. The lowest BCUT2D eigenvalue weighted by molar-refractivity contribution is 0.104. The van der Waals surface area contributed by atoms with Crippen LogP contribution in [0.2, 0.25) is 0 Å². The zero-order chi connectivity index (χ0) is 11.4. The first-order valence-corrected chi connectivity index (χ1v) is 5.66. The highest BCUT2D eigenvalue weighted by atomic mass is 79.9. The molecule has 2 aromatic rings. The van der Waals surface area contributed by atoms with E-state index in [2.05, 4.69) is 20.9 Å². The fraction of sp³-hybridized carbons (Fsp3) is 0. The van der Waals surface area contributed by atoms with Crippen molar-refractivity contribution in [2.45, 2.75) is 0 Å². The third-order valence-electron chi connectivity index (χ3n) is 2.14. The summed E-state index contributed by atoms with van der Waals surface area (Å²) in [5.74, 6) is -0.0232. The van der Waals surface area contributed by atoms with Gasteiger partial charge in [0.1, 0.15) is 0 Å². The lowest BCUT2D eigenvalue weighted by Gasteiger charge is -1.94. The Kier molecular flexibility index (Phi) is 3.37. The van der Waals surface area contributed by atoms with Crippen LogP contribution >= 0.6 is 15.9 Å². The van der Waals surface area contributed by atoms with Gasteiger partial charge in [-0.15, -0.1) is 0 Å². The van der Waals surface area contributed by atoms with Crippen LogP contribution in [0, 0.1) is 0 Å². The van der Waals surface area contributed by atoms with Crippen LogP contribution in [-0.4, -0.2) is 10.8 Å². The third-order valence-corrected chi connectivity index (χ3v) is 2.63. The Bertz CT molecular complexity index is 514. The minimum atomic E-state index is -0.0232. The van der Waals surface area contributed by atoms with Gasteiger partial charge in [0, 0.05) is 10.7 Å². The maximum Gasteiger partial charge on any atom is 0.201 e. The molecule has 0 amide bonds. The predicted molar refractivity (Wildman–Crippen MR) is 68.3 cm³/mol. The molecule has 16 heavy (non-hydrogen) atoms. The number of aromatic amines is 1. The van der Waals surface area contributed by atoms with Gasteiger partial charge in [-0.1, -0.05) is 34.1 Å². The Morgan fingerprint density at radius 3 is 2.81 bits per heavy atom. The van der Waals surface area contributed by atoms with E-state index in [0.29, 0.717) is 5.69 Å². The number of carbonyl (C=O) groups excluding carboxylic acids is 1. The van der Waals surface area contributed by atoms with Crippen molar-refractivity contribution in [2.75, 3.05) is 0 Å². The van der Waals surface area contributed by atoms with Gasteiger partial charge in [0.05, 0.1) is 5.69 Å². The minimum Gasteiger partial charge on any atom is -0.359 e. The number of rotatable bonds is 3. The Morgan fingerprint density at radius 1 is 1.25 bits per heavy atom. The number of nitrogens with one attached hydrogen (secondary N) is 1. The monoisotopic (exact) mass is 275 g/mol. The fourth-order valence-corrected chi connectivity index (χ4v) is 1.77. The average Bonchev–Trinajstić information content (AvgIpc) is 2.79. The number of allylic oxidation sites excluding steroid dienone is 1. The summed E-state index contributed by atoms with van der Waals surface area (Å²) < 4.78 is 1.00. The maximum absolute atomic E-state index is 11.6. The average molecular weight is 276 g/mol. The summed E-state index contributed by atoms with van der Waals surface area (Å²) in [5.41, 5.74) is 1.60. The molecule has 0 fully saturated rings. The van der Waals surface area contributed by atoms with Crippen LogP contribution in [-0.2, 0) is 0 Å². The summed E-state index contributed by atoms with van der Waals surface area (Å²) in [5, 5.41) is 0. The van der Waals surface area contributed by atoms with Crippen LogP contribution in [0.5, 0.6) is 0 Å². The van der Waals surface area contributed by atoms with Crippen LogP contribution in [0.4, 0.5) is 0 Å². The van der Waals surface area contributed by atoms with Crippen LogP contribution in [0.3, 0.4) is 0 Å². The first-order chi connectivity index (χ1) is 7.75. The van der Waals surface area contributed by atoms with E-state index in [9.17, 15) is 4.79 Å². The van der Waals surface area contributed by atoms with Crippen molar-refractivity contribution in [2.24, 2.45) is 0 Å². The van der Waals surface area contributed by atoms with Crippen molar-refractivity contribution >= 4 is 27.8 Å². The first-order valence-electron chi connectivity index (χ1n) is 4.87. The summed E-state index contributed by atoms with van der Waals surface area (Å²) in [6.45, 7) is 0. The van der Waals surface area contributed by atoms with Gasteiger partial charge in [0.25, 0.3) is 0 Å². The van der Waals surface area contributed by atoms with Crippen molar-refractivity contribution in [3.05, 3.63) is 64.4 Å². The molecule has 0 aliphatic carbocycles. The van der Waals surface area contributed by atoms with E-state index in [-0.39, 0.29) is 5.78 Å². The summed E-state index contributed by atoms with van der Waals surface area (Å²) in [6, 6.07) is 11.3. The largest absolute Gasteiger partial charge is 0.359 e. The Labute approximate surface area is 102 Å². The van der Waals surface area contributed by atoms with Crippen LogP contribution < -0.4 is 0 Å². The molecular weight excluding hydrogens is 266 g/mol. The minimum absolute atomic E-state index is 0.0232. The molecule has 0 atom stereocenters. The molecule has 1 N–H and O–H groups in total. The molecular formula is C13H10BrNO. The highest BCUT2D eigenvalue weighted by Gasteiger charge is 2.00. The molecule has 0 radical (unpaired) electrons. The van der Waals surface area contributed by atoms with Gasteiger partial charge < -0.3 is 4.98 Å². The number of benzene rings is 1. The van der Waals surface area contributed by atoms with Gasteiger partial charge in [-0.25, -0.2) is 0 Å². The quantitative estimate of drug-likeness (QED) is 0.673. The molecule has 1 heterocycles. The zero-order valence-electron chi connectivity index (χ0n) is 8.48. The normalized spacial score (nSPS) is 10.8. The van der Waals surface area contributed by atoms with E-state index in [1.165, 1.54) is 0 Å². The lowest BCUT2D eigenvalue weighted by atomic mass is 10.2. The zero-order valence-corrected chi connectivity index (χ0v) is 10.1. The Hall–Kier alpha value is -1.61. The molecule has 3 heteroatoms. The molecule has 80 valence electrons. The lowest BCUT2D eigenvalue weighted by Crippen LogP contribution is -1.93. The van der Waals surface area contributed by atoms with Crippen molar-refractivity contribution in [1.29, 1.82) is 0 Å². The first kappa shape index (κ1) is 10.9. The number of hydrogen-bond donors (Lipinski definition) is 1. The van der Waals surface area contributed by atoms with Crippen molar-refractivity contribution in [3.63, 3.8) is 0 Å². The van der Waals surface area contributed by atoms with Gasteiger partial charge in [0.2, 0.25) is 5.78 Å². The molecule has 0 saturated carbocycles. The SMILES string of the molecule is O=C(/C=C\c1cccc(Br)c1)c1ccc[nH]1. The van der Waals surface area contributed by atoms with E-state index < -0.39 is 0 Å². The summed E-state index contributed by atoms with van der Waals surface area (Å²) in [6.07, 6.45) is 5.10. The highest BCUT2D eigenvalue weighted by Crippen LogP contribution is 2.13. The topological polar surface area (TPSA) is 32.9 Å². The number of hydrogen-bond acceptors (Lipinski definition) is 1. The summed E-state index contributed by atoms with van der Waals surface area (Å²) in [4.78, 5) is 14.5. The van der Waals surface area contributed by atoms with E-state index in [4.69, 9.17) is 0 Å². The standard InChI is InChI=1S/C13H10BrNO/c14-11-4-1-3-10(9-11)6-7-13(16)12-5-2-8-15-12/h1-9,15H/b7-6-. The number of halogens is 1. The van der Waals surface area contributed by atoms with Crippen molar-refractivity contribution < 1.29 is 4.79 Å². The molecule has 0 saturated heterocycles. The molecule has 1 aromatic carbocycles. The molecule has 0 bridgehead atoms. The molecule has 2 nitrogen and oxygen atoms in total. The van der Waals surface area contributed by atoms with Crippen molar-refractivity contribution in [1.82, 2.24) is 4.98 Å². The molecule has 0 unspecified atom stereocenters. The smallest absolute Gasteiger partial charge is 0.201 e. The Balaban J connectivity index is 2.13. The summed E-state index contributed by atoms with van der Waals surface area (Å²) >= 11 is 3.38. The second-order valence-corrected chi connectivity index (χ2v) is 4.25. The number of ketones is 1. The van der Waals surface area contributed by atoms with Crippen LogP contribution in [0.1, 0.15) is 16.1 Å². The number of aromatic nitrogens is 1. The van der Waals surface area contributed by atoms with Crippen LogP contribution in [0.15, 0.2) is 53.1 Å². The van der Waals surface area contributed by atoms with Gasteiger partial charge in [-0.2, -0.15) is 0 Å².